The molecule has 0 spiro atoms. The highest BCUT2D eigenvalue weighted by atomic mass is 16.5. The number of fused-ring (bicyclic) bond motifs is 1. The lowest BCUT2D eigenvalue weighted by molar-refractivity contribution is -0.130. The number of carbonyl (C=O) groups is 3. The van der Waals surface area contributed by atoms with Crippen molar-refractivity contribution < 1.29 is 19.1 Å². The third-order valence-electron chi connectivity index (χ3n) is 4.94. The number of benzene rings is 1. The van der Waals surface area contributed by atoms with Crippen molar-refractivity contribution in [1.29, 1.82) is 0 Å². The second-order valence-corrected chi connectivity index (χ2v) is 7.53. The number of esters is 1. The average Bonchev–Trinajstić information content (AvgIpc) is 3.45. The number of nitrogens with one attached hydrogen (secondary N) is 1. The van der Waals surface area contributed by atoms with Gasteiger partial charge in [-0.25, -0.2) is 9.59 Å². The molecule has 1 N–H and O–H groups in total. The Kier molecular flexibility index (Phi) is 4.09. The number of para-hydroxylation sites is 1. The predicted molar refractivity (Wildman–Crippen MR) is 98.3 cm³/mol. The first kappa shape index (κ1) is 17.5. The van der Waals surface area contributed by atoms with E-state index in [0.717, 1.165) is 34.3 Å². The monoisotopic (exact) mass is 367 g/mol. The number of aromatic nitrogens is 1. The van der Waals surface area contributed by atoms with Crippen molar-refractivity contribution in [1.82, 2.24) is 15.2 Å². The molecule has 140 valence electrons. The molecular weight excluding hydrogens is 346 g/mol. The molecule has 1 aromatic heterocycles. The first-order chi connectivity index (χ1) is 12.9. The number of pyridine rings is 1. The Labute approximate surface area is 156 Å². The number of urea groups is 1. The van der Waals surface area contributed by atoms with Crippen LogP contribution in [0.4, 0.5) is 4.79 Å². The summed E-state index contributed by atoms with van der Waals surface area (Å²) < 4.78 is 5.38. The van der Waals surface area contributed by atoms with Gasteiger partial charge in [0, 0.05) is 17.0 Å². The number of carbonyl (C=O) groups excluding carboxylic acids is 3. The molecule has 27 heavy (non-hydrogen) atoms. The highest BCUT2D eigenvalue weighted by molar-refractivity contribution is 6.06. The molecule has 2 fully saturated rings. The molecule has 1 saturated heterocycles. The SMILES string of the molecule is CC1(C)NC(=O)N(CCOC(=O)c2cc(C3CC3)nc3ccccc23)C1=O. The number of imide groups is 1. The van der Waals surface area contributed by atoms with Crippen LogP contribution in [0.1, 0.15) is 48.7 Å². The first-order valence-electron chi connectivity index (χ1n) is 9.08. The zero-order valence-electron chi connectivity index (χ0n) is 15.3. The van der Waals surface area contributed by atoms with Gasteiger partial charge >= 0.3 is 12.0 Å². The van der Waals surface area contributed by atoms with Gasteiger partial charge in [0.25, 0.3) is 5.91 Å². The highest BCUT2D eigenvalue weighted by Crippen LogP contribution is 2.40. The van der Waals surface area contributed by atoms with Crippen LogP contribution >= 0.6 is 0 Å². The van der Waals surface area contributed by atoms with E-state index in [1.165, 1.54) is 0 Å². The van der Waals surface area contributed by atoms with Crippen LogP contribution in [0.25, 0.3) is 10.9 Å². The molecule has 4 rings (SSSR count). The number of ether oxygens (including phenoxy) is 1. The molecule has 7 nitrogen and oxygen atoms in total. The lowest BCUT2D eigenvalue weighted by Gasteiger charge is -2.16. The molecule has 1 aromatic carbocycles. The fourth-order valence-corrected chi connectivity index (χ4v) is 3.28. The average molecular weight is 367 g/mol. The smallest absolute Gasteiger partial charge is 0.338 e. The summed E-state index contributed by atoms with van der Waals surface area (Å²) in [6.45, 7) is 3.26. The minimum absolute atomic E-state index is 0.0261. The Hall–Kier alpha value is -2.96. The van der Waals surface area contributed by atoms with E-state index in [-0.39, 0.29) is 19.1 Å². The second-order valence-electron chi connectivity index (χ2n) is 7.53. The maximum absolute atomic E-state index is 12.7. The predicted octanol–water partition coefficient (Wildman–Crippen LogP) is 2.60. The van der Waals surface area contributed by atoms with Crippen molar-refractivity contribution in [2.75, 3.05) is 13.2 Å². The molecule has 1 aliphatic heterocycles. The maximum atomic E-state index is 12.7. The highest BCUT2D eigenvalue weighted by Gasteiger charge is 2.44. The summed E-state index contributed by atoms with van der Waals surface area (Å²) >= 11 is 0. The quantitative estimate of drug-likeness (QED) is 0.648. The lowest BCUT2D eigenvalue weighted by atomic mass is 10.1. The van der Waals surface area contributed by atoms with E-state index in [0.29, 0.717) is 11.5 Å². The molecule has 0 bridgehead atoms. The Morgan fingerprint density at radius 1 is 1.30 bits per heavy atom. The molecule has 7 heteroatoms. The molecular formula is C20H21N3O4. The van der Waals surface area contributed by atoms with Crippen LogP contribution in [-0.2, 0) is 9.53 Å². The first-order valence-corrected chi connectivity index (χ1v) is 9.08. The Bertz CT molecular complexity index is 949. The van der Waals surface area contributed by atoms with Gasteiger partial charge in [-0.15, -0.1) is 0 Å². The summed E-state index contributed by atoms with van der Waals surface area (Å²) in [6.07, 6.45) is 2.17. The number of nitrogens with zero attached hydrogens (tertiary/aromatic N) is 2. The van der Waals surface area contributed by atoms with Crippen LogP contribution in [-0.4, -0.2) is 46.5 Å². The molecule has 2 heterocycles. The zero-order valence-corrected chi connectivity index (χ0v) is 15.3. The largest absolute Gasteiger partial charge is 0.460 e. The van der Waals surface area contributed by atoms with Gasteiger partial charge in [0.05, 0.1) is 17.6 Å². The minimum Gasteiger partial charge on any atom is -0.460 e. The molecule has 0 radical (unpaired) electrons. The number of rotatable bonds is 5. The van der Waals surface area contributed by atoms with Gasteiger partial charge in [-0.05, 0) is 38.8 Å². The van der Waals surface area contributed by atoms with E-state index in [4.69, 9.17) is 4.74 Å². The molecule has 0 atom stereocenters. The molecule has 0 unspecified atom stereocenters. The van der Waals surface area contributed by atoms with Crippen LogP contribution in [0.3, 0.4) is 0 Å². The summed E-state index contributed by atoms with van der Waals surface area (Å²) in [6, 6.07) is 8.81. The summed E-state index contributed by atoms with van der Waals surface area (Å²) in [4.78, 5) is 42.5. The van der Waals surface area contributed by atoms with E-state index in [1.54, 1.807) is 19.9 Å². The van der Waals surface area contributed by atoms with Gasteiger partial charge in [0.1, 0.15) is 12.1 Å². The van der Waals surface area contributed by atoms with Crippen molar-refractivity contribution in [3.05, 3.63) is 41.6 Å². The van der Waals surface area contributed by atoms with Crippen LogP contribution in [0.2, 0.25) is 0 Å². The van der Waals surface area contributed by atoms with Crippen molar-refractivity contribution in [2.45, 2.75) is 38.1 Å². The van der Waals surface area contributed by atoms with Gasteiger partial charge in [0.15, 0.2) is 0 Å². The Morgan fingerprint density at radius 2 is 2.04 bits per heavy atom. The number of hydrogen-bond donors (Lipinski definition) is 1. The third-order valence-corrected chi connectivity index (χ3v) is 4.94. The van der Waals surface area contributed by atoms with E-state index >= 15 is 0 Å². The van der Waals surface area contributed by atoms with Crippen LogP contribution in [0.15, 0.2) is 30.3 Å². The third kappa shape index (κ3) is 3.25. The fraction of sp³-hybridized carbons (Fsp3) is 0.400. The van der Waals surface area contributed by atoms with Gasteiger partial charge in [-0.3, -0.25) is 14.7 Å². The lowest BCUT2D eigenvalue weighted by Crippen LogP contribution is -2.40. The van der Waals surface area contributed by atoms with Gasteiger partial charge in [0.2, 0.25) is 0 Å². The Morgan fingerprint density at radius 3 is 2.70 bits per heavy atom. The van der Waals surface area contributed by atoms with Gasteiger partial charge in [-0.2, -0.15) is 0 Å². The zero-order chi connectivity index (χ0) is 19.2. The standard InChI is InChI=1S/C20H21N3O4/c1-20(2)18(25)23(19(26)22-20)9-10-27-17(24)14-11-16(12-7-8-12)21-15-6-4-3-5-13(14)15/h3-6,11-12H,7-10H2,1-2H3,(H,22,26). The van der Waals surface area contributed by atoms with E-state index in [2.05, 4.69) is 10.3 Å². The molecule has 3 amide bonds. The van der Waals surface area contributed by atoms with E-state index in [1.807, 2.05) is 24.3 Å². The van der Waals surface area contributed by atoms with Gasteiger partial charge in [-0.1, -0.05) is 18.2 Å². The molecule has 1 aliphatic carbocycles. The summed E-state index contributed by atoms with van der Waals surface area (Å²) in [7, 11) is 0. The van der Waals surface area contributed by atoms with Gasteiger partial charge < -0.3 is 10.1 Å². The number of amides is 3. The topological polar surface area (TPSA) is 88.6 Å². The fourth-order valence-electron chi connectivity index (χ4n) is 3.28. The normalized spacial score (nSPS) is 18.7. The van der Waals surface area contributed by atoms with Crippen molar-refractivity contribution >= 4 is 28.8 Å². The van der Waals surface area contributed by atoms with E-state index < -0.39 is 17.5 Å². The second kappa shape index (κ2) is 6.33. The summed E-state index contributed by atoms with van der Waals surface area (Å²) in [5.41, 5.74) is 1.22. The van der Waals surface area contributed by atoms with Crippen molar-refractivity contribution in [2.24, 2.45) is 0 Å². The molecule has 1 saturated carbocycles. The number of hydrogen-bond acceptors (Lipinski definition) is 5. The van der Waals surface area contributed by atoms with Crippen molar-refractivity contribution in [3.63, 3.8) is 0 Å². The maximum Gasteiger partial charge on any atom is 0.338 e. The van der Waals surface area contributed by atoms with Crippen LogP contribution < -0.4 is 5.32 Å². The molecule has 2 aromatic rings. The minimum atomic E-state index is -0.929. The van der Waals surface area contributed by atoms with Crippen molar-refractivity contribution in [3.8, 4) is 0 Å². The Balaban J connectivity index is 1.49. The summed E-state index contributed by atoms with van der Waals surface area (Å²) in [5.74, 6) is -0.384. The van der Waals surface area contributed by atoms with E-state index in [9.17, 15) is 14.4 Å². The van der Waals surface area contributed by atoms with Crippen LogP contribution in [0.5, 0.6) is 0 Å². The molecule has 2 aliphatic rings. The van der Waals surface area contributed by atoms with Crippen LogP contribution in [0, 0.1) is 0 Å². The summed E-state index contributed by atoms with van der Waals surface area (Å²) in [5, 5.41) is 3.34.